The largest absolute Gasteiger partial charge is 0.339 e. The monoisotopic (exact) mass is 416 g/mol. The minimum Gasteiger partial charge on any atom is -0.339 e. The van der Waals surface area contributed by atoms with Gasteiger partial charge in [0.2, 0.25) is 0 Å². The van der Waals surface area contributed by atoms with Crippen molar-refractivity contribution in [1.29, 1.82) is 0 Å². The topological polar surface area (TPSA) is 42.2 Å². The van der Waals surface area contributed by atoms with E-state index in [2.05, 4.69) is 46.4 Å². The molecule has 3 heterocycles. The summed E-state index contributed by atoms with van der Waals surface area (Å²) in [5, 5.41) is 4.21. The van der Waals surface area contributed by atoms with E-state index in [9.17, 15) is 0 Å². The van der Waals surface area contributed by atoms with Gasteiger partial charge in [-0.1, -0.05) is 65.9 Å². The first kappa shape index (κ1) is 17.9. The number of benzene rings is 2. The molecular formula is C23H17ClN4S. The SMILES string of the molecule is C=Cc1cccc(C)c1Nc1c(-c2ccncc2Cl)nc2sc3ccccc3n12. The average Bonchev–Trinajstić information content (AvgIpc) is 3.26. The highest BCUT2D eigenvalue weighted by atomic mass is 35.5. The van der Waals surface area contributed by atoms with Gasteiger partial charge in [-0.05, 0) is 36.2 Å². The summed E-state index contributed by atoms with van der Waals surface area (Å²) < 4.78 is 3.34. The fraction of sp³-hybridized carbons (Fsp3) is 0.0435. The minimum absolute atomic E-state index is 0.569. The van der Waals surface area contributed by atoms with Crippen LogP contribution in [0.15, 0.2) is 67.5 Å². The molecule has 0 saturated carbocycles. The molecule has 0 spiro atoms. The molecule has 0 radical (unpaired) electrons. The molecule has 29 heavy (non-hydrogen) atoms. The Balaban J connectivity index is 1.83. The van der Waals surface area contributed by atoms with E-state index in [1.165, 1.54) is 4.70 Å². The first-order valence-electron chi connectivity index (χ1n) is 9.16. The molecule has 0 fully saturated rings. The van der Waals surface area contributed by atoms with Gasteiger partial charge in [0, 0.05) is 23.6 Å². The van der Waals surface area contributed by atoms with Crippen LogP contribution in [0.4, 0.5) is 11.5 Å². The van der Waals surface area contributed by atoms with Crippen molar-refractivity contribution in [2.75, 3.05) is 5.32 Å². The van der Waals surface area contributed by atoms with Crippen molar-refractivity contribution in [3.63, 3.8) is 0 Å². The van der Waals surface area contributed by atoms with Gasteiger partial charge in [-0.2, -0.15) is 0 Å². The number of thiazole rings is 1. The van der Waals surface area contributed by atoms with E-state index in [-0.39, 0.29) is 0 Å². The number of anilines is 2. The third kappa shape index (κ3) is 2.90. The van der Waals surface area contributed by atoms with Gasteiger partial charge >= 0.3 is 0 Å². The number of aryl methyl sites for hydroxylation is 1. The predicted molar refractivity (Wildman–Crippen MR) is 123 cm³/mol. The Hall–Kier alpha value is -3.15. The molecular weight excluding hydrogens is 400 g/mol. The zero-order valence-corrected chi connectivity index (χ0v) is 17.3. The lowest BCUT2D eigenvalue weighted by molar-refractivity contribution is 1.27. The lowest BCUT2D eigenvalue weighted by atomic mass is 10.1. The molecule has 0 aliphatic heterocycles. The number of nitrogens with zero attached hydrogens (tertiary/aromatic N) is 3. The molecule has 1 N–H and O–H groups in total. The molecule has 0 bridgehead atoms. The molecule has 0 aliphatic carbocycles. The molecule has 0 aliphatic rings. The highest BCUT2D eigenvalue weighted by molar-refractivity contribution is 7.23. The zero-order chi connectivity index (χ0) is 20.0. The molecule has 0 saturated heterocycles. The second-order valence-electron chi connectivity index (χ2n) is 6.72. The number of fused-ring (bicyclic) bond motifs is 3. The summed E-state index contributed by atoms with van der Waals surface area (Å²) in [4.78, 5) is 9.97. The number of rotatable bonds is 4. The molecule has 5 rings (SSSR count). The Kier molecular flexibility index (Phi) is 4.34. The second kappa shape index (κ2) is 7.03. The van der Waals surface area contributed by atoms with Gasteiger partial charge in [0.1, 0.15) is 11.5 Å². The van der Waals surface area contributed by atoms with Crippen LogP contribution in [0.25, 0.3) is 32.5 Å². The van der Waals surface area contributed by atoms with Crippen LogP contribution >= 0.6 is 22.9 Å². The van der Waals surface area contributed by atoms with Gasteiger partial charge in [-0.25, -0.2) is 4.98 Å². The quantitative estimate of drug-likeness (QED) is 0.344. The summed E-state index contributed by atoms with van der Waals surface area (Å²) in [6.45, 7) is 6.05. The second-order valence-corrected chi connectivity index (χ2v) is 8.14. The molecule has 0 unspecified atom stereocenters. The number of para-hydroxylation sites is 2. The van der Waals surface area contributed by atoms with Crippen LogP contribution in [0.5, 0.6) is 0 Å². The van der Waals surface area contributed by atoms with Crippen LogP contribution in [0.2, 0.25) is 5.02 Å². The summed E-state index contributed by atoms with van der Waals surface area (Å²) in [5.41, 5.74) is 5.92. The third-order valence-corrected chi connectivity index (χ3v) is 6.27. The molecule has 0 atom stereocenters. The van der Waals surface area contributed by atoms with E-state index in [0.717, 1.165) is 44.4 Å². The van der Waals surface area contributed by atoms with Crippen molar-refractivity contribution >= 4 is 55.7 Å². The normalized spacial score (nSPS) is 11.2. The maximum atomic E-state index is 6.48. The van der Waals surface area contributed by atoms with E-state index in [1.807, 2.05) is 36.4 Å². The number of aromatic nitrogens is 3. The van der Waals surface area contributed by atoms with Crippen molar-refractivity contribution in [2.24, 2.45) is 0 Å². The van der Waals surface area contributed by atoms with E-state index >= 15 is 0 Å². The summed E-state index contributed by atoms with van der Waals surface area (Å²) in [6, 6.07) is 16.4. The summed E-state index contributed by atoms with van der Waals surface area (Å²) >= 11 is 8.14. The Labute approximate surface area is 177 Å². The number of halogens is 1. The van der Waals surface area contributed by atoms with Crippen molar-refractivity contribution < 1.29 is 0 Å². The molecule has 2 aromatic carbocycles. The maximum absolute atomic E-state index is 6.48. The molecule has 5 aromatic rings. The maximum Gasteiger partial charge on any atom is 0.197 e. The number of hydrogen-bond acceptors (Lipinski definition) is 4. The molecule has 3 aromatic heterocycles. The molecule has 142 valence electrons. The first-order chi connectivity index (χ1) is 14.2. The van der Waals surface area contributed by atoms with Crippen LogP contribution < -0.4 is 5.32 Å². The van der Waals surface area contributed by atoms with Crippen molar-refractivity contribution in [3.8, 4) is 11.3 Å². The summed E-state index contributed by atoms with van der Waals surface area (Å²) in [7, 11) is 0. The van der Waals surface area contributed by atoms with Crippen LogP contribution in [0.3, 0.4) is 0 Å². The molecule has 0 amide bonds. The predicted octanol–water partition coefficient (Wildman–Crippen LogP) is 6.96. The van der Waals surface area contributed by atoms with Crippen molar-refractivity contribution in [1.82, 2.24) is 14.4 Å². The third-order valence-electron chi connectivity index (χ3n) is 4.95. The Morgan fingerprint density at radius 2 is 2.00 bits per heavy atom. The fourth-order valence-corrected chi connectivity index (χ4v) is 4.77. The zero-order valence-electron chi connectivity index (χ0n) is 15.7. The van der Waals surface area contributed by atoms with Crippen LogP contribution in [0.1, 0.15) is 11.1 Å². The average molecular weight is 417 g/mol. The van der Waals surface area contributed by atoms with Gasteiger partial charge in [-0.15, -0.1) is 0 Å². The van der Waals surface area contributed by atoms with E-state index < -0.39 is 0 Å². The molecule has 4 nitrogen and oxygen atoms in total. The minimum atomic E-state index is 0.569. The van der Waals surface area contributed by atoms with Crippen LogP contribution in [-0.4, -0.2) is 14.4 Å². The van der Waals surface area contributed by atoms with Gasteiger partial charge in [0.05, 0.1) is 15.2 Å². The lowest BCUT2D eigenvalue weighted by Gasteiger charge is -2.14. The first-order valence-corrected chi connectivity index (χ1v) is 10.4. The lowest BCUT2D eigenvalue weighted by Crippen LogP contribution is -2.00. The van der Waals surface area contributed by atoms with Gasteiger partial charge in [0.25, 0.3) is 0 Å². The smallest absolute Gasteiger partial charge is 0.197 e. The Morgan fingerprint density at radius 1 is 1.14 bits per heavy atom. The van der Waals surface area contributed by atoms with Crippen molar-refractivity contribution in [2.45, 2.75) is 6.92 Å². The summed E-state index contributed by atoms with van der Waals surface area (Å²) in [5.74, 6) is 0.878. The van der Waals surface area contributed by atoms with Crippen LogP contribution in [-0.2, 0) is 0 Å². The number of imidazole rings is 1. The Bertz CT molecular complexity index is 1380. The summed E-state index contributed by atoms with van der Waals surface area (Å²) in [6.07, 6.45) is 5.24. The van der Waals surface area contributed by atoms with Gasteiger partial charge in [-0.3, -0.25) is 9.38 Å². The van der Waals surface area contributed by atoms with Crippen LogP contribution in [0, 0.1) is 6.92 Å². The van der Waals surface area contributed by atoms with E-state index in [1.54, 1.807) is 23.7 Å². The fourth-order valence-electron chi connectivity index (χ4n) is 3.54. The number of hydrogen-bond donors (Lipinski definition) is 1. The standard InChI is InChI=1S/C23H17ClN4S/c1-3-15-8-6-7-14(2)20(15)26-22-21(16-11-12-25-13-17(16)24)27-23-28(22)18-9-4-5-10-19(18)29-23/h3-13,26H,1H2,2H3. The van der Waals surface area contributed by atoms with E-state index in [0.29, 0.717) is 5.02 Å². The van der Waals surface area contributed by atoms with Gasteiger partial charge < -0.3 is 5.32 Å². The molecule has 6 heteroatoms. The van der Waals surface area contributed by atoms with Crippen molar-refractivity contribution in [3.05, 3.63) is 83.7 Å². The number of nitrogens with one attached hydrogen (secondary N) is 1. The highest BCUT2D eigenvalue weighted by Gasteiger charge is 2.21. The van der Waals surface area contributed by atoms with Gasteiger partial charge in [0.15, 0.2) is 4.96 Å². The van der Waals surface area contributed by atoms with E-state index in [4.69, 9.17) is 16.6 Å². The highest BCUT2D eigenvalue weighted by Crippen LogP contribution is 2.40. The Morgan fingerprint density at radius 3 is 2.83 bits per heavy atom. The number of pyridine rings is 1.